The summed E-state index contributed by atoms with van der Waals surface area (Å²) in [6.45, 7) is 0.996. The van der Waals surface area contributed by atoms with Crippen LogP contribution in [0.1, 0.15) is 11.1 Å². The van der Waals surface area contributed by atoms with Crippen molar-refractivity contribution in [3.05, 3.63) is 56.8 Å². The molecule has 0 unspecified atom stereocenters. The van der Waals surface area contributed by atoms with Gasteiger partial charge in [-0.05, 0) is 51.8 Å². The molecular formula is C15H11BrClFO2. The highest BCUT2D eigenvalue weighted by Crippen LogP contribution is 2.34. The molecule has 5 heteroatoms. The second-order valence-corrected chi connectivity index (χ2v) is 5.81. The van der Waals surface area contributed by atoms with Crippen molar-refractivity contribution >= 4 is 27.5 Å². The summed E-state index contributed by atoms with van der Waals surface area (Å²) in [4.78, 5) is 0. The number of halogens is 3. The number of benzene rings is 2. The summed E-state index contributed by atoms with van der Waals surface area (Å²) < 4.78 is 24.9. The first-order chi connectivity index (χ1) is 9.63. The van der Waals surface area contributed by atoms with Crippen LogP contribution in [0.15, 0.2) is 34.8 Å². The van der Waals surface area contributed by atoms with E-state index in [9.17, 15) is 4.39 Å². The van der Waals surface area contributed by atoms with Crippen molar-refractivity contribution in [2.45, 2.75) is 13.0 Å². The van der Waals surface area contributed by atoms with Gasteiger partial charge in [0.05, 0.1) is 11.1 Å². The second kappa shape index (κ2) is 5.62. The molecule has 0 bridgehead atoms. The van der Waals surface area contributed by atoms with E-state index in [0.29, 0.717) is 28.5 Å². The van der Waals surface area contributed by atoms with E-state index in [-0.39, 0.29) is 5.82 Å². The molecule has 3 rings (SSSR count). The van der Waals surface area contributed by atoms with Crippen LogP contribution < -0.4 is 9.47 Å². The van der Waals surface area contributed by atoms with Crippen LogP contribution in [-0.4, -0.2) is 6.61 Å². The molecule has 0 radical (unpaired) electrons. The Bertz CT molecular complexity index is 661. The van der Waals surface area contributed by atoms with Gasteiger partial charge < -0.3 is 9.47 Å². The Balaban J connectivity index is 1.82. The summed E-state index contributed by atoms with van der Waals surface area (Å²) >= 11 is 9.37. The Morgan fingerprint density at radius 1 is 1.30 bits per heavy atom. The molecule has 1 aliphatic rings. The van der Waals surface area contributed by atoms with Crippen LogP contribution in [0.5, 0.6) is 11.5 Å². The second-order valence-electron chi connectivity index (χ2n) is 4.52. The van der Waals surface area contributed by atoms with E-state index in [1.54, 1.807) is 6.07 Å². The largest absolute Gasteiger partial charge is 0.493 e. The Hall–Kier alpha value is -1.26. The molecule has 2 nitrogen and oxygen atoms in total. The minimum absolute atomic E-state index is 0.309. The fourth-order valence-corrected chi connectivity index (χ4v) is 2.93. The summed E-state index contributed by atoms with van der Waals surface area (Å²) in [5, 5.41) is 0.672. The molecule has 0 spiro atoms. The molecule has 2 aromatic rings. The maximum absolute atomic E-state index is 13.0. The maximum Gasteiger partial charge on any atom is 0.134 e. The number of hydrogen-bond donors (Lipinski definition) is 0. The SMILES string of the molecule is Fc1ccc(OCc2cc(Cl)cc3c2OCC3)c(Br)c1. The molecule has 104 valence electrons. The maximum atomic E-state index is 13.0. The van der Waals surface area contributed by atoms with Crippen LogP contribution in [0.25, 0.3) is 0 Å². The third kappa shape index (κ3) is 2.76. The zero-order chi connectivity index (χ0) is 14.1. The van der Waals surface area contributed by atoms with Gasteiger partial charge >= 0.3 is 0 Å². The molecule has 0 aliphatic carbocycles. The Kier molecular flexibility index (Phi) is 3.85. The van der Waals surface area contributed by atoms with Gasteiger partial charge in [0, 0.05) is 17.0 Å². The molecule has 1 heterocycles. The van der Waals surface area contributed by atoms with Crippen LogP contribution in [0.2, 0.25) is 5.02 Å². The molecule has 0 aromatic heterocycles. The van der Waals surface area contributed by atoms with E-state index in [1.165, 1.54) is 12.1 Å². The molecular weight excluding hydrogens is 347 g/mol. The van der Waals surface area contributed by atoms with E-state index in [1.807, 2.05) is 12.1 Å². The van der Waals surface area contributed by atoms with Crippen LogP contribution >= 0.6 is 27.5 Å². The topological polar surface area (TPSA) is 18.5 Å². The number of rotatable bonds is 3. The van der Waals surface area contributed by atoms with Gasteiger partial charge in [-0.1, -0.05) is 11.6 Å². The lowest BCUT2D eigenvalue weighted by molar-refractivity contribution is 0.290. The van der Waals surface area contributed by atoms with Crippen LogP contribution in [0.3, 0.4) is 0 Å². The highest BCUT2D eigenvalue weighted by atomic mass is 79.9. The van der Waals surface area contributed by atoms with E-state index in [2.05, 4.69) is 15.9 Å². The van der Waals surface area contributed by atoms with Gasteiger partial charge in [0.15, 0.2) is 0 Å². The van der Waals surface area contributed by atoms with Gasteiger partial charge in [-0.2, -0.15) is 0 Å². The van der Waals surface area contributed by atoms with Crippen molar-refractivity contribution in [2.75, 3.05) is 6.61 Å². The van der Waals surface area contributed by atoms with Crippen molar-refractivity contribution in [3.63, 3.8) is 0 Å². The molecule has 0 saturated heterocycles. The monoisotopic (exact) mass is 356 g/mol. The van der Waals surface area contributed by atoms with Crippen LogP contribution in [0, 0.1) is 5.82 Å². The predicted octanol–water partition coefficient (Wildman–Crippen LogP) is 4.76. The van der Waals surface area contributed by atoms with Gasteiger partial charge in [-0.25, -0.2) is 4.39 Å². The van der Waals surface area contributed by atoms with E-state index >= 15 is 0 Å². The molecule has 0 N–H and O–H groups in total. The smallest absolute Gasteiger partial charge is 0.134 e. The van der Waals surface area contributed by atoms with E-state index in [4.69, 9.17) is 21.1 Å². The average Bonchev–Trinajstić information content (AvgIpc) is 2.85. The summed E-state index contributed by atoms with van der Waals surface area (Å²) in [5.41, 5.74) is 2.01. The Morgan fingerprint density at radius 2 is 2.15 bits per heavy atom. The first kappa shape index (κ1) is 13.7. The third-order valence-electron chi connectivity index (χ3n) is 3.10. The number of hydrogen-bond acceptors (Lipinski definition) is 2. The quantitative estimate of drug-likeness (QED) is 0.789. The standard InChI is InChI=1S/C15H11BrClFO2/c16-13-7-12(18)1-2-14(13)20-8-10-6-11(17)5-9-3-4-19-15(9)10/h1-2,5-7H,3-4,8H2. The zero-order valence-electron chi connectivity index (χ0n) is 10.5. The lowest BCUT2D eigenvalue weighted by Gasteiger charge is -2.12. The Morgan fingerprint density at radius 3 is 2.95 bits per heavy atom. The summed E-state index contributed by atoms with van der Waals surface area (Å²) in [6.07, 6.45) is 0.864. The minimum atomic E-state index is -0.309. The van der Waals surface area contributed by atoms with Crippen molar-refractivity contribution in [1.29, 1.82) is 0 Å². The molecule has 0 fully saturated rings. The number of fused-ring (bicyclic) bond motifs is 1. The van der Waals surface area contributed by atoms with E-state index in [0.717, 1.165) is 23.3 Å². The fourth-order valence-electron chi connectivity index (χ4n) is 2.20. The Labute approximate surface area is 129 Å². The first-order valence-corrected chi connectivity index (χ1v) is 7.32. The molecule has 2 aromatic carbocycles. The summed E-state index contributed by atoms with van der Waals surface area (Å²) in [7, 11) is 0. The predicted molar refractivity (Wildman–Crippen MR) is 79.1 cm³/mol. The fraction of sp³-hybridized carbons (Fsp3) is 0.200. The van der Waals surface area contributed by atoms with Gasteiger partial charge in [-0.3, -0.25) is 0 Å². The van der Waals surface area contributed by atoms with Gasteiger partial charge in [0.2, 0.25) is 0 Å². The molecule has 0 amide bonds. The van der Waals surface area contributed by atoms with Crippen LogP contribution in [-0.2, 0) is 13.0 Å². The summed E-state index contributed by atoms with van der Waals surface area (Å²) in [5.74, 6) is 1.13. The van der Waals surface area contributed by atoms with Crippen molar-refractivity contribution in [2.24, 2.45) is 0 Å². The summed E-state index contributed by atoms with van der Waals surface area (Å²) in [6, 6.07) is 8.07. The van der Waals surface area contributed by atoms with E-state index < -0.39 is 0 Å². The molecule has 0 atom stereocenters. The van der Waals surface area contributed by atoms with Crippen LogP contribution in [0.4, 0.5) is 4.39 Å². The minimum Gasteiger partial charge on any atom is -0.493 e. The van der Waals surface area contributed by atoms with Gasteiger partial charge in [0.25, 0.3) is 0 Å². The first-order valence-electron chi connectivity index (χ1n) is 6.15. The molecule has 20 heavy (non-hydrogen) atoms. The lowest BCUT2D eigenvalue weighted by Crippen LogP contribution is -1.99. The number of ether oxygens (including phenoxy) is 2. The molecule has 1 aliphatic heterocycles. The van der Waals surface area contributed by atoms with Crippen molar-refractivity contribution < 1.29 is 13.9 Å². The lowest BCUT2D eigenvalue weighted by atomic mass is 10.1. The van der Waals surface area contributed by atoms with Gasteiger partial charge in [0.1, 0.15) is 23.9 Å². The van der Waals surface area contributed by atoms with Crippen molar-refractivity contribution in [1.82, 2.24) is 0 Å². The molecule has 0 saturated carbocycles. The highest BCUT2D eigenvalue weighted by Gasteiger charge is 2.18. The average molecular weight is 358 g/mol. The highest BCUT2D eigenvalue weighted by molar-refractivity contribution is 9.10. The zero-order valence-corrected chi connectivity index (χ0v) is 12.8. The normalized spacial score (nSPS) is 12.9. The van der Waals surface area contributed by atoms with Crippen molar-refractivity contribution in [3.8, 4) is 11.5 Å². The third-order valence-corrected chi connectivity index (χ3v) is 3.94. The van der Waals surface area contributed by atoms with Gasteiger partial charge in [-0.15, -0.1) is 0 Å².